The number of hydrogen-bond acceptors (Lipinski definition) is 8. The molecule has 1 saturated carbocycles. The van der Waals surface area contributed by atoms with Crippen molar-refractivity contribution in [1.29, 1.82) is 0 Å². The van der Waals surface area contributed by atoms with Gasteiger partial charge in [0.1, 0.15) is 23.7 Å². The molecule has 5 aromatic rings. The third-order valence-electron chi connectivity index (χ3n) is 14.7. The van der Waals surface area contributed by atoms with Crippen LogP contribution in [-0.4, -0.2) is 92.1 Å². The molecule has 2 bridgehead atoms. The van der Waals surface area contributed by atoms with E-state index < -0.39 is 24.3 Å². The van der Waals surface area contributed by atoms with Crippen molar-refractivity contribution < 1.29 is 28.7 Å². The molecule has 2 aliphatic carbocycles. The number of hydrogen-bond donors (Lipinski definition) is 4. The smallest absolute Gasteiger partial charge is 0.407 e. The first-order valence-corrected chi connectivity index (χ1v) is 23.4. The van der Waals surface area contributed by atoms with Crippen LogP contribution in [0.1, 0.15) is 133 Å². The highest BCUT2D eigenvalue weighted by atomic mass is 16.5. The standard InChI is InChI=1S/C51H62N8O6/c1-26(2)44(56-50(62)64-7)48(60)58-28(5)9-21-40(58)46-52-25-39(55-46)31-13-11-30(12-14-31)35-18-19-36(43-34-16-15-33(23-34)42(35)43)32-17-20-37-38(24-32)54-47(53-37)41-22-10-29(6)59(41)49(61)45(27(3)4)57-51(63)65-8/h11-14,17-20,24-29,33-34,40-41,44-45H,9-10,15-16,21-23H2,1-8H3,(H,52,55)(H,53,54)(H,56,62)(H,57,63)/t28?,29?,33-,34?,40-,41?,44?,45?/m0/s1. The lowest BCUT2D eigenvalue weighted by Crippen LogP contribution is -2.52. The van der Waals surface area contributed by atoms with Crippen LogP contribution in [0.2, 0.25) is 0 Å². The van der Waals surface area contributed by atoms with E-state index in [1.807, 2.05) is 50.6 Å². The zero-order valence-electron chi connectivity index (χ0n) is 38.7. The molecule has 14 nitrogen and oxygen atoms in total. The quantitative estimate of drug-likeness (QED) is 0.101. The van der Waals surface area contributed by atoms with E-state index in [0.29, 0.717) is 11.8 Å². The predicted molar refractivity (Wildman–Crippen MR) is 249 cm³/mol. The molecule has 3 aromatic carbocycles. The summed E-state index contributed by atoms with van der Waals surface area (Å²) in [5.41, 5.74) is 11.5. The molecular formula is C51H62N8O6. The summed E-state index contributed by atoms with van der Waals surface area (Å²) in [5, 5.41) is 5.50. The molecule has 65 heavy (non-hydrogen) atoms. The van der Waals surface area contributed by atoms with Crippen LogP contribution in [0.15, 0.2) is 60.8 Å². The van der Waals surface area contributed by atoms with Crippen LogP contribution < -0.4 is 10.6 Å². The Morgan fingerprint density at radius 2 is 1.15 bits per heavy atom. The Hall–Kier alpha value is -6.18. The highest BCUT2D eigenvalue weighted by Crippen LogP contribution is 2.58. The third kappa shape index (κ3) is 8.03. The molecule has 2 aromatic heterocycles. The highest BCUT2D eigenvalue weighted by molar-refractivity contribution is 5.89. The van der Waals surface area contributed by atoms with Crippen LogP contribution in [-0.2, 0) is 19.1 Å². The van der Waals surface area contributed by atoms with Gasteiger partial charge in [-0.15, -0.1) is 0 Å². The molecule has 0 spiro atoms. The maximum atomic E-state index is 14.0. The van der Waals surface area contributed by atoms with Crippen LogP contribution >= 0.6 is 0 Å². The fourth-order valence-electron chi connectivity index (χ4n) is 11.3. The van der Waals surface area contributed by atoms with Crippen LogP contribution in [0.5, 0.6) is 0 Å². The lowest BCUT2D eigenvalue weighted by Gasteiger charge is -2.32. The van der Waals surface area contributed by atoms with E-state index in [-0.39, 0.29) is 47.8 Å². The van der Waals surface area contributed by atoms with Gasteiger partial charge in [-0.1, -0.05) is 70.2 Å². The minimum Gasteiger partial charge on any atom is -0.453 e. The second kappa shape index (κ2) is 17.7. The van der Waals surface area contributed by atoms with Crippen molar-refractivity contribution in [2.45, 2.75) is 135 Å². The molecule has 4 aliphatic rings. The number of aromatic nitrogens is 4. The van der Waals surface area contributed by atoms with Crippen molar-refractivity contribution >= 4 is 35.0 Å². The molecule has 342 valence electrons. The van der Waals surface area contributed by atoms with Crippen LogP contribution in [0.3, 0.4) is 0 Å². The number of likely N-dealkylation sites (tertiary alicyclic amines) is 2. The maximum Gasteiger partial charge on any atom is 0.407 e. The first-order valence-electron chi connectivity index (χ1n) is 23.4. The zero-order valence-corrected chi connectivity index (χ0v) is 38.7. The number of amides is 4. The second-order valence-corrected chi connectivity index (χ2v) is 19.4. The number of nitrogens with one attached hydrogen (secondary N) is 4. The molecule has 14 heteroatoms. The Morgan fingerprint density at radius 3 is 1.69 bits per heavy atom. The highest BCUT2D eigenvalue weighted by Gasteiger charge is 2.44. The number of fused-ring (bicyclic) bond motifs is 6. The minimum absolute atomic E-state index is 0.00141. The fraction of sp³-hybridized carbons (Fsp3) is 0.490. The molecular weight excluding hydrogens is 821 g/mol. The molecule has 6 unspecified atom stereocenters. The van der Waals surface area contributed by atoms with E-state index in [1.165, 1.54) is 61.3 Å². The van der Waals surface area contributed by atoms with Gasteiger partial charge in [0.2, 0.25) is 11.8 Å². The number of carbonyl (C=O) groups is 4. The van der Waals surface area contributed by atoms with E-state index >= 15 is 0 Å². The van der Waals surface area contributed by atoms with E-state index in [1.54, 1.807) is 0 Å². The second-order valence-electron chi connectivity index (χ2n) is 19.4. The fourth-order valence-corrected chi connectivity index (χ4v) is 11.3. The van der Waals surface area contributed by atoms with Crippen molar-refractivity contribution in [2.24, 2.45) is 11.8 Å². The Labute approximate surface area is 380 Å². The van der Waals surface area contributed by atoms with Gasteiger partial charge in [-0.05, 0) is 134 Å². The SMILES string of the molecule is COC(=O)NC(C(=O)N1C(C)CCC1c1nc2cc(-c3ccc(-c4ccc(-c5cnc([C@@H]6CCC(C)N6C(=O)C(NC(=O)OC)C(C)C)[nH]5)cc4)c4c3C3CC[C@H]4C3)ccc2[nH]1)C(C)C. The van der Waals surface area contributed by atoms with Gasteiger partial charge in [-0.3, -0.25) is 9.59 Å². The number of ether oxygens (including phenoxy) is 2. The molecule has 4 heterocycles. The summed E-state index contributed by atoms with van der Waals surface area (Å²) >= 11 is 0. The Morgan fingerprint density at radius 1 is 0.646 bits per heavy atom. The predicted octanol–water partition coefficient (Wildman–Crippen LogP) is 9.52. The number of H-pyrrole nitrogens is 2. The number of benzene rings is 3. The first-order chi connectivity index (χ1) is 31.3. The molecule has 8 atom stereocenters. The number of imidazole rings is 2. The molecule has 4 amide bonds. The van der Waals surface area contributed by atoms with Gasteiger partial charge in [-0.2, -0.15) is 0 Å². The number of aromatic amines is 2. The number of carbonyl (C=O) groups excluding carboxylic acids is 4. The normalized spacial score (nSPS) is 23.3. The Balaban J connectivity index is 0.960. The van der Waals surface area contributed by atoms with Gasteiger partial charge in [0.15, 0.2) is 0 Å². The summed E-state index contributed by atoms with van der Waals surface area (Å²) < 4.78 is 9.67. The van der Waals surface area contributed by atoms with Crippen molar-refractivity contribution in [3.63, 3.8) is 0 Å². The van der Waals surface area contributed by atoms with Crippen molar-refractivity contribution in [3.8, 4) is 33.5 Å². The van der Waals surface area contributed by atoms with Gasteiger partial charge in [0.25, 0.3) is 0 Å². The van der Waals surface area contributed by atoms with Gasteiger partial charge in [0.05, 0.1) is 49.2 Å². The van der Waals surface area contributed by atoms with E-state index in [9.17, 15) is 19.2 Å². The molecule has 3 fully saturated rings. The summed E-state index contributed by atoms with van der Waals surface area (Å²) in [7, 11) is 2.61. The number of alkyl carbamates (subject to hydrolysis) is 2. The summed E-state index contributed by atoms with van der Waals surface area (Å²) in [6.45, 7) is 11.8. The molecule has 0 radical (unpaired) electrons. The van der Waals surface area contributed by atoms with Crippen LogP contribution in [0.4, 0.5) is 9.59 Å². The summed E-state index contributed by atoms with van der Waals surface area (Å²) in [4.78, 5) is 73.0. The topological polar surface area (TPSA) is 175 Å². The summed E-state index contributed by atoms with van der Waals surface area (Å²) in [5.74, 6) is 2.06. The van der Waals surface area contributed by atoms with Gasteiger partial charge >= 0.3 is 12.2 Å². The van der Waals surface area contributed by atoms with Crippen molar-refractivity contribution in [1.82, 2.24) is 40.4 Å². The largest absolute Gasteiger partial charge is 0.453 e. The van der Waals surface area contributed by atoms with Crippen molar-refractivity contribution in [2.75, 3.05) is 14.2 Å². The number of nitrogens with zero attached hydrogens (tertiary/aromatic N) is 4. The first kappa shape index (κ1) is 44.0. The zero-order chi connectivity index (χ0) is 45.8. The lowest BCUT2D eigenvalue weighted by atomic mass is 9.81. The molecule has 2 aliphatic heterocycles. The number of rotatable bonds is 11. The average Bonchev–Trinajstić information content (AvgIpc) is 4.18. The number of methoxy groups -OCH3 is 2. The Bertz CT molecular complexity index is 2620. The van der Waals surface area contributed by atoms with Crippen LogP contribution in [0, 0.1) is 11.8 Å². The average molecular weight is 883 g/mol. The summed E-state index contributed by atoms with van der Waals surface area (Å²) in [6.07, 6.45) is 7.42. The Kier molecular flexibility index (Phi) is 12.0. The van der Waals surface area contributed by atoms with E-state index in [0.717, 1.165) is 65.2 Å². The maximum absolute atomic E-state index is 14.0. The van der Waals surface area contributed by atoms with Gasteiger partial charge in [-0.25, -0.2) is 19.6 Å². The lowest BCUT2D eigenvalue weighted by molar-refractivity contribution is -0.138. The van der Waals surface area contributed by atoms with Gasteiger partial charge in [0, 0.05) is 12.1 Å². The van der Waals surface area contributed by atoms with Crippen LogP contribution in [0.25, 0.3) is 44.5 Å². The monoisotopic (exact) mass is 882 g/mol. The summed E-state index contributed by atoms with van der Waals surface area (Å²) in [6, 6.07) is 17.9. The van der Waals surface area contributed by atoms with Crippen molar-refractivity contribution in [3.05, 3.63) is 83.6 Å². The molecule has 9 rings (SSSR count). The van der Waals surface area contributed by atoms with Gasteiger partial charge < -0.3 is 39.9 Å². The molecule has 2 saturated heterocycles. The third-order valence-corrected chi connectivity index (χ3v) is 14.7. The molecule has 4 N–H and O–H groups in total. The minimum atomic E-state index is -0.704. The van der Waals surface area contributed by atoms with E-state index in [2.05, 4.69) is 82.1 Å². The van der Waals surface area contributed by atoms with E-state index in [4.69, 9.17) is 19.4 Å².